The van der Waals surface area contributed by atoms with Gasteiger partial charge in [0.05, 0.1) is 16.7 Å². The molecule has 0 amide bonds. The van der Waals surface area contributed by atoms with E-state index in [-0.39, 0.29) is 5.52 Å². The van der Waals surface area contributed by atoms with Gasteiger partial charge in [0.2, 0.25) is 0 Å². The van der Waals surface area contributed by atoms with Gasteiger partial charge in [-0.15, -0.1) is 0 Å². The minimum atomic E-state index is -0.731. The van der Waals surface area contributed by atoms with Crippen molar-refractivity contribution in [1.82, 2.24) is 25.1 Å². The smallest absolute Gasteiger partial charge is 0.193 e. The second-order valence-electron chi connectivity index (χ2n) is 9.37. The van der Waals surface area contributed by atoms with Gasteiger partial charge in [0.1, 0.15) is 11.3 Å². The van der Waals surface area contributed by atoms with E-state index in [4.69, 9.17) is 4.98 Å². The summed E-state index contributed by atoms with van der Waals surface area (Å²) in [4.78, 5) is 11.8. The molecule has 1 saturated heterocycles. The number of aromatic nitrogens is 4. The summed E-state index contributed by atoms with van der Waals surface area (Å²) in [5, 5.41) is 18.9. The zero-order chi connectivity index (χ0) is 22.0. The maximum absolute atomic E-state index is 14.7. The molecular formula is C24H25FN6O. The Morgan fingerprint density at radius 2 is 1.94 bits per heavy atom. The lowest BCUT2D eigenvalue weighted by Crippen LogP contribution is -2.40. The number of nitrogens with zero attached hydrogens (tertiary/aromatic N) is 5. The molecule has 1 aromatic carbocycles. The van der Waals surface area contributed by atoms with Crippen LogP contribution in [0.1, 0.15) is 26.2 Å². The summed E-state index contributed by atoms with van der Waals surface area (Å²) in [5.74, 6) is -0.221. The molecule has 0 radical (unpaired) electrons. The molecule has 8 heteroatoms. The minimum absolute atomic E-state index is 0.148. The molecule has 32 heavy (non-hydrogen) atoms. The molecule has 2 fully saturated rings. The van der Waals surface area contributed by atoms with Crippen LogP contribution >= 0.6 is 0 Å². The van der Waals surface area contributed by atoms with Gasteiger partial charge in [-0.25, -0.2) is 14.4 Å². The van der Waals surface area contributed by atoms with Crippen molar-refractivity contribution in [3.63, 3.8) is 0 Å². The van der Waals surface area contributed by atoms with Gasteiger partial charge >= 0.3 is 0 Å². The van der Waals surface area contributed by atoms with Crippen LogP contribution in [-0.2, 0) is 7.05 Å². The number of fused-ring (bicyclic) bond motifs is 2. The number of phenols is 1. The van der Waals surface area contributed by atoms with E-state index in [2.05, 4.69) is 27.2 Å². The van der Waals surface area contributed by atoms with Crippen LogP contribution in [0.3, 0.4) is 0 Å². The molecule has 0 spiro atoms. The number of aryl methyl sites for hydroxylation is 1. The third kappa shape index (κ3) is 3.26. The highest BCUT2D eigenvalue weighted by atomic mass is 19.1. The van der Waals surface area contributed by atoms with Crippen molar-refractivity contribution < 1.29 is 9.50 Å². The summed E-state index contributed by atoms with van der Waals surface area (Å²) in [7, 11) is 1.72. The summed E-state index contributed by atoms with van der Waals surface area (Å²) in [6.45, 7) is 4.23. The Kier molecular flexibility index (Phi) is 4.17. The summed E-state index contributed by atoms with van der Waals surface area (Å²) in [6, 6.07) is 9.81. The largest absolute Gasteiger partial charge is 0.504 e. The minimum Gasteiger partial charge on any atom is -0.504 e. The van der Waals surface area contributed by atoms with Gasteiger partial charge in [-0.05, 0) is 56.5 Å². The normalized spacial score (nSPS) is 19.8. The maximum atomic E-state index is 14.7. The Balaban J connectivity index is 1.30. The highest BCUT2D eigenvalue weighted by Crippen LogP contribution is 2.37. The average Bonchev–Trinajstić information content (AvgIpc) is 3.16. The number of benzene rings is 1. The van der Waals surface area contributed by atoms with Gasteiger partial charge in [-0.1, -0.05) is 0 Å². The van der Waals surface area contributed by atoms with Crippen molar-refractivity contribution in [3.05, 3.63) is 42.3 Å². The standard InChI is InChI=1S/C24H25FN6O/c1-24(8-9-24)28-15-7-10-31(13-15)20-6-5-18-19(27-20)4-3-17(26-18)16-11-14-12-30(2)29-22(14)21(25)23(16)32/h3-6,11-12,15,28,32H,7-10,13H2,1-2H3. The molecule has 6 rings (SSSR count). The predicted octanol–water partition coefficient (Wildman–Crippen LogP) is 3.75. The number of hydrogen-bond donors (Lipinski definition) is 2. The first-order chi connectivity index (χ1) is 15.4. The first-order valence-electron chi connectivity index (χ1n) is 11.0. The summed E-state index contributed by atoms with van der Waals surface area (Å²) in [6.07, 6.45) is 5.37. The molecule has 7 nitrogen and oxygen atoms in total. The second-order valence-corrected chi connectivity index (χ2v) is 9.37. The van der Waals surface area contributed by atoms with E-state index < -0.39 is 11.6 Å². The number of aromatic hydroxyl groups is 1. The number of halogens is 1. The van der Waals surface area contributed by atoms with Crippen molar-refractivity contribution in [2.24, 2.45) is 7.05 Å². The van der Waals surface area contributed by atoms with Gasteiger partial charge in [-0.3, -0.25) is 4.68 Å². The highest BCUT2D eigenvalue weighted by molar-refractivity contribution is 5.89. The number of phenolic OH excluding ortho intramolecular Hbond substituents is 1. The molecule has 1 aliphatic carbocycles. The topological polar surface area (TPSA) is 79.1 Å². The number of anilines is 1. The molecule has 1 atom stereocenters. The Labute approximate surface area is 184 Å². The van der Waals surface area contributed by atoms with E-state index in [9.17, 15) is 9.50 Å². The lowest BCUT2D eigenvalue weighted by molar-refractivity contribution is 0.437. The van der Waals surface area contributed by atoms with Crippen molar-refractivity contribution in [3.8, 4) is 17.0 Å². The predicted molar refractivity (Wildman–Crippen MR) is 122 cm³/mol. The van der Waals surface area contributed by atoms with Crippen molar-refractivity contribution >= 4 is 27.8 Å². The summed E-state index contributed by atoms with van der Waals surface area (Å²) < 4.78 is 16.2. The molecule has 2 aliphatic rings. The first kappa shape index (κ1) is 19.4. The van der Waals surface area contributed by atoms with Crippen molar-refractivity contribution in [2.75, 3.05) is 18.0 Å². The Morgan fingerprint density at radius 3 is 2.75 bits per heavy atom. The number of hydrogen-bond acceptors (Lipinski definition) is 6. The van der Waals surface area contributed by atoms with Gasteiger partial charge in [0.25, 0.3) is 0 Å². The van der Waals surface area contributed by atoms with Crippen molar-refractivity contribution in [1.29, 1.82) is 0 Å². The van der Waals surface area contributed by atoms with Crippen LogP contribution in [0.5, 0.6) is 5.75 Å². The van der Waals surface area contributed by atoms with Crippen LogP contribution in [0.25, 0.3) is 33.2 Å². The molecule has 1 saturated carbocycles. The van der Waals surface area contributed by atoms with E-state index in [1.54, 1.807) is 25.4 Å². The molecule has 1 unspecified atom stereocenters. The van der Waals surface area contributed by atoms with Gasteiger partial charge in [-0.2, -0.15) is 5.10 Å². The lowest BCUT2D eigenvalue weighted by atomic mass is 10.1. The third-order valence-corrected chi connectivity index (χ3v) is 6.70. The van der Waals surface area contributed by atoms with Crippen LogP contribution in [0, 0.1) is 5.82 Å². The monoisotopic (exact) mass is 432 g/mol. The van der Waals surface area contributed by atoms with E-state index in [1.807, 2.05) is 18.2 Å². The van der Waals surface area contributed by atoms with Crippen LogP contribution in [0.4, 0.5) is 10.2 Å². The van der Waals surface area contributed by atoms with Crippen LogP contribution in [0.2, 0.25) is 0 Å². The fourth-order valence-corrected chi connectivity index (χ4v) is 4.67. The molecular weight excluding hydrogens is 407 g/mol. The number of nitrogens with one attached hydrogen (secondary N) is 1. The average molecular weight is 433 g/mol. The molecule has 164 valence electrons. The molecule has 0 bridgehead atoms. The van der Waals surface area contributed by atoms with E-state index >= 15 is 0 Å². The molecule has 1 aliphatic heterocycles. The Hall–Kier alpha value is -3.26. The second kappa shape index (κ2) is 6.87. The summed E-state index contributed by atoms with van der Waals surface area (Å²) in [5.41, 5.74) is 2.81. The first-order valence-corrected chi connectivity index (χ1v) is 11.0. The SMILES string of the molecule is Cn1cc2cc(-c3ccc4nc(N5CCC(NC6(C)CC6)C5)ccc4n3)c(O)c(F)c2n1. The zero-order valence-corrected chi connectivity index (χ0v) is 18.1. The quantitative estimate of drug-likeness (QED) is 0.511. The van der Waals surface area contributed by atoms with E-state index in [0.717, 1.165) is 30.8 Å². The van der Waals surface area contributed by atoms with Gasteiger partial charge in [0.15, 0.2) is 11.6 Å². The Bertz CT molecular complexity index is 1360. The highest BCUT2D eigenvalue weighted by Gasteiger charge is 2.40. The third-order valence-electron chi connectivity index (χ3n) is 6.70. The number of rotatable bonds is 4. The van der Waals surface area contributed by atoms with E-state index in [1.165, 1.54) is 17.5 Å². The Morgan fingerprint density at radius 1 is 1.16 bits per heavy atom. The van der Waals surface area contributed by atoms with E-state index in [0.29, 0.717) is 33.7 Å². The fraction of sp³-hybridized carbons (Fsp3) is 0.375. The summed E-state index contributed by atoms with van der Waals surface area (Å²) >= 11 is 0. The number of pyridine rings is 2. The maximum Gasteiger partial charge on any atom is 0.193 e. The molecule has 4 aromatic rings. The zero-order valence-electron chi connectivity index (χ0n) is 18.1. The molecule has 4 heterocycles. The van der Waals surface area contributed by atoms with Crippen LogP contribution in [-0.4, -0.2) is 49.5 Å². The van der Waals surface area contributed by atoms with Crippen LogP contribution in [0.15, 0.2) is 36.5 Å². The lowest BCUT2D eigenvalue weighted by Gasteiger charge is -2.20. The molecule has 3 aromatic heterocycles. The molecule has 2 N–H and O–H groups in total. The van der Waals surface area contributed by atoms with Crippen LogP contribution < -0.4 is 10.2 Å². The van der Waals surface area contributed by atoms with Crippen molar-refractivity contribution in [2.45, 2.75) is 37.8 Å². The van der Waals surface area contributed by atoms with Gasteiger partial charge in [0, 0.05) is 48.9 Å². The fourth-order valence-electron chi connectivity index (χ4n) is 4.67. The van der Waals surface area contributed by atoms with Gasteiger partial charge < -0.3 is 15.3 Å².